The van der Waals surface area contributed by atoms with Gasteiger partial charge in [-0.2, -0.15) is 35.1 Å². The number of aliphatic hydroxyl groups is 1. The van der Waals surface area contributed by atoms with Crippen molar-refractivity contribution in [2.75, 3.05) is 0 Å². The summed E-state index contributed by atoms with van der Waals surface area (Å²) < 4.78 is 141. The average molecular weight is 475 g/mol. The van der Waals surface area contributed by atoms with E-state index in [2.05, 4.69) is 4.74 Å². The lowest BCUT2D eigenvalue weighted by Crippen LogP contribution is -2.57. The molecule has 0 aromatic carbocycles. The van der Waals surface area contributed by atoms with Crippen LogP contribution in [0.25, 0.3) is 0 Å². The fourth-order valence-corrected chi connectivity index (χ4v) is 6.04. The van der Waals surface area contributed by atoms with Crippen molar-refractivity contribution in [3.63, 3.8) is 0 Å². The molecule has 0 heterocycles. The second-order valence-electron chi connectivity index (χ2n) is 9.00. The first-order valence-corrected chi connectivity index (χ1v) is 10.5. The van der Waals surface area contributed by atoms with Gasteiger partial charge in [-0.15, -0.1) is 0 Å². The zero-order chi connectivity index (χ0) is 23.0. The van der Waals surface area contributed by atoms with Crippen LogP contribution in [-0.2, 0) is 14.9 Å². The van der Waals surface area contributed by atoms with Gasteiger partial charge in [0.05, 0.1) is 5.60 Å². The highest BCUT2D eigenvalue weighted by Crippen LogP contribution is 2.64. The minimum atomic E-state index is -7.19. The van der Waals surface area contributed by atoms with Gasteiger partial charge in [0.2, 0.25) is 0 Å². The maximum atomic E-state index is 14.1. The molecule has 0 spiro atoms. The van der Waals surface area contributed by atoms with Crippen LogP contribution in [0.3, 0.4) is 0 Å². The first kappa shape index (κ1) is 23.9. The summed E-state index contributed by atoms with van der Waals surface area (Å²) in [6, 6.07) is 0. The van der Waals surface area contributed by atoms with Gasteiger partial charge in [0.1, 0.15) is 0 Å². The zero-order valence-corrected chi connectivity index (χ0v) is 16.1. The topological polar surface area (TPSA) is 86.7 Å². The molecule has 176 valence electrons. The first-order chi connectivity index (χ1) is 13.2. The predicted molar refractivity (Wildman–Crippen MR) is 81.9 cm³/mol. The lowest BCUT2D eigenvalue weighted by atomic mass is 9.47. The lowest BCUT2D eigenvalue weighted by Gasteiger charge is -2.60. The predicted octanol–water partition coefficient (Wildman–Crippen LogP) is 4.07. The van der Waals surface area contributed by atoms with Gasteiger partial charge in [-0.1, -0.05) is 0 Å². The summed E-state index contributed by atoms with van der Waals surface area (Å²) >= 11 is 0. The monoisotopic (exact) mass is 475 g/mol. The zero-order valence-electron chi connectivity index (χ0n) is 15.3. The Labute approximate surface area is 166 Å². The molecule has 30 heavy (non-hydrogen) atoms. The highest BCUT2D eigenvalue weighted by Gasteiger charge is 2.71. The second-order valence-corrected chi connectivity index (χ2v) is 10.4. The molecule has 4 saturated carbocycles. The molecule has 4 aliphatic carbocycles. The van der Waals surface area contributed by atoms with Gasteiger partial charge in [0.25, 0.3) is 0 Å². The van der Waals surface area contributed by atoms with E-state index in [1.165, 1.54) is 0 Å². The van der Waals surface area contributed by atoms with Crippen molar-refractivity contribution in [3.8, 4) is 0 Å². The molecule has 5 nitrogen and oxygen atoms in total. The normalized spacial score (nSPS) is 35.1. The Morgan fingerprint density at radius 2 is 1.43 bits per heavy atom. The molecule has 4 fully saturated rings. The van der Waals surface area contributed by atoms with Crippen LogP contribution in [0.1, 0.15) is 51.4 Å². The number of halogens is 8. The van der Waals surface area contributed by atoms with Crippen molar-refractivity contribution in [2.24, 2.45) is 17.3 Å². The van der Waals surface area contributed by atoms with Gasteiger partial charge in [-0.25, -0.2) is 13.2 Å². The third-order valence-corrected chi connectivity index (χ3v) is 7.32. The van der Waals surface area contributed by atoms with Crippen LogP contribution in [0.4, 0.5) is 35.1 Å². The Bertz CT molecular complexity index is 785. The standard InChI is InChI=1S/C16H20F8O5S/c17-13(18,14(19,20)29-15(21,22)16(23,24)30(26,27)28)2-1-11-4-9-3-10(5-11)7-12(25,6-9)8-11/h9-10,25H,1-8H2,(H,26,27,28)/p-1. The quantitative estimate of drug-likeness (QED) is 0.423. The maximum Gasteiger partial charge on any atom is 0.438 e. The minimum Gasteiger partial charge on any atom is -0.743 e. The molecule has 4 aliphatic rings. The van der Waals surface area contributed by atoms with E-state index in [1.54, 1.807) is 0 Å². The number of hydrogen-bond donors (Lipinski definition) is 1. The fourth-order valence-electron chi connectivity index (χ4n) is 5.70. The van der Waals surface area contributed by atoms with Gasteiger partial charge in [-0.3, -0.25) is 0 Å². The summed E-state index contributed by atoms with van der Waals surface area (Å²) in [6.07, 6.45) is -12.7. The summed E-state index contributed by atoms with van der Waals surface area (Å²) in [5.41, 5.74) is -2.01. The van der Waals surface area contributed by atoms with Crippen molar-refractivity contribution in [1.82, 2.24) is 0 Å². The fraction of sp³-hybridized carbons (Fsp3) is 1.00. The van der Waals surface area contributed by atoms with Crippen molar-refractivity contribution >= 4 is 10.1 Å². The summed E-state index contributed by atoms with van der Waals surface area (Å²) in [5.74, 6) is -5.33. The van der Waals surface area contributed by atoms with Crippen molar-refractivity contribution in [3.05, 3.63) is 0 Å². The molecule has 4 bridgehead atoms. The number of hydrogen-bond acceptors (Lipinski definition) is 5. The summed E-state index contributed by atoms with van der Waals surface area (Å²) in [6.45, 7) is 0. The molecular weight excluding hydrogens is 456 g/mol. The lowest BCUT2D eigenvalue weighted by molar-refractivity contribution is -0.457. The molecule has 0 amide bonds. The van der Waals surface area contributed by atoms with E-state index >= 15 is 0 Å². The highest BCUT2D eigenvalue weighted by atomic mass is 32.2. The van der Waals surface area contributed by atoms with Crippen LogP contribution in [0.15, 0.2) is 0 Å². The third kappa shape index (κ3) is 3.92. The molecule has 1 N–H and O–H groups in total. The molecule has 0 aromatic rings. The van der Waals surface area contributed by atoms with Crippen molar-refractivity contribution in [2.45, 2.75) is 80.4 Å². The molecular formula is C16H19F8O5S-. The van der Waals surface area contributed by atoms with E-state index in [0.29, 0.717) is 25.7 Å². The number of alkyl halides is 8. The first-order valence-electron chi connectivity index (χ1n) is 9.13. The molecule has 4 rings (SSSR count). The van der Waals surface area contributed by atoms with Crippen LogP contribution in [0.2, 0.25) is 0 Å². The van der Waals surface area contributed by atoms with E-state index < -0.39 is 57.4 Å². The highest BCUT2D eigenvalue weighted by molar-refractivity contribution is 7.86. The Kier molecular flexibility index (Phi) is 5.29. The van der Waals surface area contributed by atoms with Crippen LogP contribution < -0.4 is 0 Å². The van der Waals surface area contributed by atoms with E-state index in [1.807, 2.05) is 0 Å². The second kappa shape index (κ2) is 6.64. The van der Waals surface area contributed by atoms with Crippen LogP contribution in [0.5, 0.6) is 0 Å². The van der Waals surface area contributed by atoms with Crippen LogP contribution in [0, 0.1) is 17.3 Å². The smallest absolute Gasteiger partial charge is 0.438 e. The van der Waals surface area contributed by atoms with Gasteiger partial charge in [0.15, 0.2) is 10.1 Å². The van der Waals surface area contributed by atoms with Gasteiger partial charge >= 0.3 is 23.4 Å². The largest absolute Gasteiger partial charge is 0.743 e. The minimum absolute atomic E-state index is 0.0203. The SMILES string of the molecule is O=S(=O)([O-])C(F)(F)C(F)(F)OC(F)(F)C(F)(F)CCC12CC3CC(CC(O)(C3)C1)C2. The molecule has 14 heteroatoms. The molecule has 0 aliphatic heterocycles. The molecule has 0 aromatic heterocycles. The van der Waals surface area contributed by atoms with E-state index in [0.717, 1.165) is 6.42 Å². The molecule has 0 saturated heterocycles. The van der Waals surface area contributed by atoms with Crippen molar-refractivity contribution < 1.29 is 57.9 Å². The molecule has 2 unspecified atom stereocenters. The molecule has 2 atom stereocenters. The third-order valence-electron chi connectivity index (χ3n) is 6.46. The summed E-state index contributed by atoms with van der Waals surface area (Å²) in [5, 5.41) is 3.85. The van der Waals surface area contributed by atoms with E-state index in [4.69, 9.17) is 0 Å². The van der Waals surface area contributed by atoms with Gasteiger partial charge in [0, 0.05) is 6.42 Å². The van der Waals surface area contributed by atoms with Gasteiger partial charge < -0.3 is 9.66 Å². The Balaban J connectivity index is 1.73. The van der Waals surface area contributed by atoms with Crippen LogP contribution in [-0.4, -0.2) is 47.1 Å². The average Bonchev–Trinajstić information content (AvgIpc) is 2.48. The van der Waals surface area contributed by atoms with E-state index in [-0.39, 0.29) is 18.3 Å². The Morgan fingerprint density at radius 1 is 0.933 bits per heavy atom. The van der Waals surface area contributed by atoms with Crippen LogP contribution >= 0.6 is 0 Å². The van der Waals surface area contributed by atoms with Crippen molar-refractivity contribution in [1.29, 1.82) is 0 Å². The number of rotatable bonds is 8. The maximum absolute atomic E-state index is 14.1. The summed E-state index contributed by atoms with van der Waals surface area (Å²) in [4.78, 5) is 0. The van der Waals surface area contributed by atoms with E-state index in [9.17, 15) is 53.2 Å². The Morgan fingerprint density at radius 3 is 1.87 bits per heavy atom. The molecule has 0 radical (unpaired) electrons. The van der Waals surface area contributed by atoms with Gasteiger partial charge in [-0.05, 0) is 62.2 Å². The number of ether oxygens (including phenoxy) is 1. The Hall–Kier alpha value is -0.730. The summed E-state index contributed by atoms with van der Waals surface area (Å²) in [7, 11) is -7.19.